The van der Waals surface area contributed by atoms with Gasteiger partial charge in [0, 0.05) is 6.92 Å². The topological polar surface area (TPSA) is 115 Å². The normalized spacial score (nSPS) is 10.9. The number of aromatic nitrogens is 2. The molecule has 1 aromatic rings. The molecule has 1 aromatic heterocycles. The van der Waals surface area contributed by atoms with Crippen LogP contribution in [-0.4, -0.2) is 82.1 Å². The van der Waals surface area contributed by atoms with E-state index >= 15 is 0 Å². The molecule has 1 heterocycles. The molecule has 10 heteroatoms. The summed E-state index contributed by atoms with van der Waals surface area (Å²) >= 11 is 0. The number of hydrogen-bond acceptors (Lipinski definition) is 5. The third-order valence-corrected chi connectivity index (χ3v) is 2.49. The first kappa shape index (κ1) is 16.1. The van der Waals surface area contributed by atoms with Gasteiger partial charge >= 0.3 is 54.7 Å². The van der Waals surface area contributed by atoms with Crippen molar-refractivity contribution in [1.82, 2.24) is 9.55 Å². The molecule has 0 unspecified atom stereocenters. The summed E-state index contributed by atoms with van der Waals surface area (Å²) in [5.74, 6) is -0.549. The molecular weight excluding hydrogens is 363 g/mol. The van der Waals surface area contributed by atoms with Crippen molar-refractivity contribution in [3.8, 4) is 0 Å². The average molecular weight is 375 g/mol. The van der Waals surface area contributed by atoms with Crippen LogP contribution in [0.1, 0.15) is 5.82 Å². The molecule has 0 spiro atoms. The van der Waals surface area contributed by atoms with Gasteiger partial charge in [-0.2, -0.15) is 8.42 Å². The van der Waals surface area contributed by atoms with Gasteiger partial charge in [-0.25, -0.2) is 9.55 Å². The van der Waals surface area contributed by atoms with Gasteiger partial charge in [0.05, 0.1) is 0 Å². The third-order valence-electron chi connectivity index (χ3n) is 1.79. The van der Waals surface area contributed by atoms with Crippen molar-refractivity contribution >= 4 is 64.8 Å². The Balaban J connectivity index is 0.00000225. The van der Waals surface area contributed by atoms with Crippen molar-refractivity contribution in [2.75, 3.05) is 5.75 Å². The Morgan fingerprint density at radius 3 is 2.62 bits per heavy atom. The quantitative estimate of drug-likeness (QED) is 0.315. The van der Waals surface area contributed by atoms with E-state index in [0.717, 1.165) is 10.8 Å². The number of nitrogens with zero attached hydrogens (tertiary/aromatic N) is 3. The van der Waals surface area contributed by atoms with Gasteiger partial charge in [-0.05, 0) is 4.92 Å². The molecule has 1 rings (SSSR count). The number of nitro groups is 1. The number of rotatable bonds is 4. The van der Waals surface area contributed by atoms with Gasteiger partial charge in [0.25, 0.3) is 10.1 Å². The van der Waals surface area contributed by atoms with Crippen LogP contribution in [0.2, 0.25) is 0 Å². The first-order valence-corrected chi connectivity index (χ1v) is 5.54. The first-order valence-electron chi connectivity index (χ1n) is 3.93. The van der Waals surface area contributed by atoms with Gasteiger partial charge in [0.1, 0.15) is 18.5 Å². The van der Waals surface area contributed by atoms with Crippen molar-refractivity contribution in [2.24, 2.45) is 0 Å². The van der Waals surface area contributed by atoms with E-state index in [-0.39, 0.29) is 61.2 Å². The zero-order chi connectivity index (χ0) is 11.6. The third kappa shape index (κ3) is 4.53. The summed E-state index contributed by atoms with van der Waals surface area (Å²) in [5.41, 5.74) is 0. The molecule has 8 nitrogen and oxygen atoms in total. The summed E-state index contributed by atoms with van der Waals surface area (Å²) in [4.78, 5) is 13.5. The average Bonchev–Trinajstić information content (AvgIpc) is 2.42. The molecule has 0 fully saturated rings. The predicted octanol–water partition coefficient (Wildman–Crippen LogP) is -0.929. The van der Waals surface area contributed by atoms with Crippen molar-refractivity contribution in [2.45, 2.75) is 13.5 Å². The molecule has 0 aliphatic carbocycles. The Morgan fingerprint density at radius 2 is 2.19 bits per heavy atom. The minimum absolute atomic E-state index is 0. The van der Waals surface area contributed by atoms with E-state index < -0.39 is 20.8 Å². The van der Waals surface area contributed by atoms with Crippen LogP contribution < -0.4 is 0 Å². The Kier molecular flexibility index (Phi) is 6.18. The molecule has 16 heavy (non-hydrogen) atoms. The summed E-state index contributed by atoms with van der Waals surface area (Å²) in [7, 11) is -4.13. The van der Waals surface area contributed by atoms with Crippen LogP contribution in [0.3, 0.4) is 0 Å². The van der Waals surface area contributed by atoms with E-state index in [1.807, 2.05) is 0 Å². The molecule has 0 bridgehead atoms. The van der Waals surface area contributed by atoms with E-state index in [1.165, 1.54) is 6.92 Å². The van der Waals surface area contributed by atoms with E-state index in [1.54, 1.807) is 0 Å². The maximum atomic E-state index is 10.5. The fourth-order valence-electron chi connectivity index (χ4n) is 1.09. The standard InChI is InChI=1S/C6H9N3O5S.Ba.2H/c1-5-7-4-6(9(10)11)8(5)2-3-15(12,13)14;;;/h4H,2-3H2,1H3,(H,12,13,14);;;. The summed E-state index contributed by atoms with van der Waals surface area (Å²) in [6.45, 7) is 1.32. The summed E-state index contributed by atoms with van der Waals surface area (Å²) in [6, 6.07) is 0. The van der Waals surface area contributed by atoms with Crippen LogP contribution in [-0.2, 0) is 16.7 Å². The SMILES string of the molecule is Cc1ncc([N+](=O)[O-])n1CCS(=O)(=O)O.[BaH2]. The number of imidazole rings is 1. The Morgan fingerprint density at radius 1 is 1.62 bits per heavy atom. The Labute approximate surface area is 132 Å². The second-order valence-electron chi connectivity index (χ2n) is 2.86. The molecule has 0 atom stereocenters. The van der Waals surface area contributed by atoms with E-state index in [2.05, 4.69) is 4.98 Å². The molecular formula is C6H11BaN3O5S. The van der Waals surface area contributed by atoms with E-state index in [9.17, 15) is 18.5 Å². The van der Waals surface area contributed by atoms with Gasteiger partial charge < -0.3 is 10.1 Å². The van der Waals surface area contributed by atoms with Crippen LogP contribution in [0, 0.1) is 17.0 Å². The molecule has 1 N–H and O–H groups in total. The first-order chi connectivity index (χ1) is 6.81. The van der Waals surface area contributed by atoms with Gasteiger partial charge in [-0.1, -0.05) is 0 Å². The van der Waals surface area contributed by atoms with Crippen LogP contribution in [0.4, 0.5) is 5.82 Å². The zero-order valence-electron chi connectivity index (χ0n) is 7.82. The van der Waals surface area contributed by atoms with Gasteiger partial charge in [-0.15, -0.1) is 0 Å². The second kappa shape index (κ2) is 6.14. The van der Waals surface area contributed by atoms with Gasteiger partial charge in [-0.3, -0.25) is 4.55 Å². The monoisotopic (exact) mass is 375 g/mol. The number of aryl methyl sites for hydroxylation is 1. The Bertz CT molecular complexity index is 482. The van der Waals surface area contributed by atoms with Gasteiger partial charge in [0.15, 0.2) is 5.82 Å². The van der Waals surface area contributed by atoms with Crippen molar-refractivity contribution in [1.29, 1.82) is 0 Å². The van der Waals surface area contributed by atoms with E-state index in [4.69, 9.17) is 4.55 Å². The van der Waals surface area contributed by atoms with Crippen LogP contribution in [0.25, 0.3) is 0 Å². The van der Waals surface area contributed by atoms with Crippen LogP contribution in [0.15, 0.2) is 6.20 Å². The summed E-state index contributed by atoms with van der Waals surface area (Å²) in [5, 5.41) is 10.5. The zero-order valence-corrected chi connectivity index (χ0v) is 8.64. The Hall–Kier alpha value is 0.0914. The second-order valence-corrected chi connectivity index (χ2v) is 4.43. The van der Waals surface area contributed by atoms with E-state index in [0.29, 0.717) is 5.82 Å². The molecule has 0 saturated heterocycles. The summed E-state index contributed by atoms with van der Waals surface area (Å²) < 4.78 is 30.6. The maximum absolute atomic E-state index is 10.5. The minimum atomic E-state index is -4.13. The van der Waals surface area contributed by atoms with Crippen molar-refractivity contribution in [3.05, 3.63) is 22.1 Å². The fraction of sp³-hybridized carbons (Fsp3) is 0.500. The molecule has 0 aromatic carbocycles. The van der Waals surface area contributed by atoms with Crippen LogP contribution in [0.5, 0.6) is 0 Å². The molecule has 0 saturated carbocycles. The molecule has 0 amide bonds. The van der Waals surface area contributed by atoms with Crippen LogP contribution >= 0.6 is 0 Å². The molecule has 0 aliphatic rings. The van der Waals surface area contributed by atoms with Crippen molar-refractivity contribution < 1.29 is 17.9 Å². The fourth-order valence-corrected chi connectivity index (χ4v) is 1.50. The molecule has 0 radical (unpaired) electrons. The number of hydrogen-bond donors (Lipinski definition) is 1. The van der Waals surface area contributed by atoms with Crippen molar-refractivity contribution in [3.63, 3.8) is 0 Å². The van der Waals surface area contributed by atoms with Gasteiger partial charge in [0.2, 0.25) is 0 Å². The molecule has 0 aliphatic heterocycles. The summed E-state index contributed by atoms with van der Waals surface area (Å²) in [6.07, 6.45) is 1.04. The molecule has 88 valence electrons. The predicted molar refractivity (Wildman–Crippen MR) is 58.6 cm³/mol.